The van der Waals surface area contributed by atoms with E-state index in [4.69, 9.17) is 9.47 Å². The van der Waals surface area contributed by atoms with Crippen LogP contribution >= 0.6 is 0 Å². The predicted octanol–water partition coefficient (Wildman–Crippen LogP) is 2.38. The number of rotatable bonds is 4. The van der Waals surface area contributed by atoms with Crippen molar-refractivity contribution in [3.63, 3.8) is 0 Å². The van der Waals surface area contributed by atoms with Crippen molar-refractivity contribution in [3.8, 4) is 0 Å². The molecule has 2 heteroatoms. The zero-order chi connectivity index (χ0) is 9.64. The van der Waals surface area contributed by atoms with Gasteiger partial charge < -0.3 is 9.47 Å². The predicted molar refractivity (Wildman–Crippen MR) is 55.1 cm³/mol. The number of benzene rings is 1. The summed E-state index contributed by atoms with van der Waals surface area (Å²) in [5, 5.41) is 0. The van der Waals surface area contributed by atoms with E-state index in [1.807, 2.05) is 18.2 Å². The SMILES string of the molecule is c1ccc(COC[C@H]2CCCO2)cc1. The van der Waals surface area contributed by atoms with E-state index in [9.17, 15) is 0 Å². The first-order valence-corrected chi connectivity index (χ1v) is 5.18. The Kier molecular flexibility index (Phi) is 3.55. The van der Waals surface area contributed by atoms with Crippen LogP contribution in [0.4, 0.5) is 0 Å². The molecule has 0 saturated carbocycles. The van der Waals surface area contributed by atoms with E-state index in [2.05, 4.69) is 12.1 Å². The maximum absolute atomic E-state index is 5.58. The molecule has 1 heterocycles. The van der Waals surface area contributed by atoms with Crippen molar-refractivity contribution in [1.29, 1.82) is 0 Å². The van der Waals surface area contributed by atoms with Crippen molar-refractivity contribution in [1.82, 2.24) is 0 Å². The van der Waals surface area contributed by atoms with E-state index >= 15 is 0 Å². The lowest BCUT2D eigenvalue weighted by atomic mass is 10.2. The Hall–Kier alpha value is -0.860. The van der Waals surface area contributed by atoms with Gasteiger partial charge in [0.15, 0.2) is 0 Å². The molecule has 0 amide bonds. The van der Waals surface area contributed by atoms with Gasteiger partial charge in [0.05, 0.1) is 19.3 Å². The first kappa shape index (κ1) is 9.69. The minimum atomic E-state index is 0.332. The highest BCUT2D eigenvalue weighted by Gasteiger charge is 2.14. The average molecular weight is 192 g/mol. The van der Waals surface area contributed by atoms with Gasteiger partial charge in [0.25, 0.3) is 0 Å². The van der Waals surface area contributed by atoms with Gasteiger partial charge in [0.2, 0.25) is 0 Å². The van der Waals surface area contributed by atoms with Crippen LogP contribution in [0.25, 0.3) is 0 Å². The van der Waals surface area contributed by atoms with Gasteiger partial charge in [0.1, 0.15) is 0 Å². The summed E-state index contributed by atoms with van der Waals surface area (Å²) in [7, 11) is 0. The van der Waals surface area contributed by atoms with Crippen molar-refractivity contribution in [2.75, 3.05) is 13.2 Å². The molecule has 1 aliphatic rings. The summed E-state index contributed by atoms with van der Waals surface area (Å²) >= 11 is 0. The summed E-state index contributed by atoms with van der Waals surface area (Å²) in [5.74, 6) is 0. The summed E-state index contributed by atoms with van der Waals surface area (Å²) in [6.07, 6.45) is 2.66. The van der Waals surface area contributed by atoms with Crippen molar-refractivity contribution in [2.24, 2.45) is 0 Å². The van der Waals surface area contributed by atoms with Crippen LogP contribution in [0.1, 0.15) is 18.4 Å². The number of ether oxygens (including phenoxy) is 2. The highest BCUT2D eigenvalue weighted by atomic mass is 16.5. The van der Waals surface area contributed by atoms with E-state index in [0.29, 0.717) is 12.7 Å². The average Bonchev–Trinajstić information content (AvgIpc) is 2.72. The molecule has 2 rings (SSSR count). The minimum absolute atomic E-state index is 0.332. The Balaban J connectivity index is 1.67. The third-order valence-corrected chi connectivity index (χ3v) is 2.44. The lowest BCUT2D eigenvalue weighted by Gasteiger charge is -2.09. The van der Waals surface area contributed by atoms with E-state index in [1.165, 1.54) is 12.0 Å². The van der Waals surface area contributed by atoms with Crippen LogP contribution < -0.4 is 0 Å². The van der Waals surface area contributed by atoms with Crippen LogP contribution in [-0.2, 0) is 16.1 Å². The van der Waals surface area contributed by atoms with E-state index < -0.39 is 0 Å². The molecule has 76 valence electrons. The molecule has 14 heavy (non-hydrogen) atoms. The highest BCUT2D eigenvalue weighted by molar-refractivity contribution is 5.13. The molecular weight excluding hydrogens is 176 g/mol. The molecule has 0 N–H and O–H groups in total. The zero-order valence-electron chi connectivity index (χ0n) is 8.32. The van der Waals surface area contributed by atoms with E-state index in [1.54, 1.807) is 0 Å². The zero-order valence-corrected chi connectivity index (χ0v) is 8.32. The lowest BCUT2D eigenvalue weighted by Crippen LogP contribution is -2.13. The summed E-state index contributed by atoms with van der Waals surface area (Å²) in [6, 6.07) is 10.2. The van der Waals surface area contributed by atoms with Gasteiger partial charge >= 0.3 is 0 Å². The van der Waals surface area contributed by atoms with Crippen molar-refractivity contribution in [3.05, 3.63) is 35.9 Å². The first-order valence-electron chi connectivity index (χ1n) is 5.18. The molecule has 0 bridgehead atoms. The third-order valence-electron chi connectivity index (χ3n) is 2.44. The van der Waals surface area contributed by atoms with Crippen LogP contribution in [0.5, 0.6) is 0 Å². The molecule has 0 aliphatic carbocycles. The maximum Gasteiger partial charge on any atom is 0.0809 e. The molecule has 0 aromatic heterocycles. The second-order valence-electron chi connectivity index (χ2n) is 3.64. The van der Waals surface area contributed by atoms with E-state index in [-0.39, 0.29) is 0 Å². The molecule has 1 aromatic rings. The number of hydrogen-bond acceptors (Lipinski definition) is 2. The molecule has 2 nitrogen and oxygen atoms in total. The summed E-state index contributed by atoms with van der Waals surface area (Å²) in [5.41, 5.74) is 1.23. The summed E-state index contributed by atoms with van der Waals surface area (Å²) in [6.45, 7) is 2.33. The second kappa shape index (κ2) is 5.13. The highest BCUT2D eigenvalue weighted by Crippen LogP contribution is 2.12. The topological polar surface area (TPSA) is 18.5 Å². The van der Waals surface area contributed by atoms with Crippen molar-refractivity contribution >= 4 is 0 Å². The van der Waals surface area contributed by atoms with Crippen LogP contribution in [0, 0.1) is 0 Å². The van der Waals surface area contributed by atoms with Gasteiger partial charge in [-0.15, -0.1) is 0 Å². The molecule has 0 radical (unpaired) electrons. The summed E-state index contributed by atoms with van der Waals surface area (Å²) in [4.78, 5) is 0. The summed E-state index contributed by atoms with van der Waals surface area (Å²) < 4.78 is 11.0. The quantitative estimate of drug-likeness (QED) is 0.729. The van der Waals surface area contributed by atoms with Gasteiger partial charge in [-0.25, -0.2) is 0 Å². The molecule has 1 aromatic carbocycles. The Morgan fingerprint density at radius 1 is 1.29 bits per heavy atom. The van der Waals surface area contributed by atoms with Crippen LogP contribution in [0.3, 0.4) is 0 Å². The van der Waals surface area contributed by atoms with Crippen LogP contribution in [-0.4, -0.2) is 19.3 Å². The largest absolute Gasteiger partial charge is 0.376 e. The Labute approximate surface area is 84.8 Å². The lowest BCUT2D eigenvalue weighted by molar-refractivity contribution is 0.0106. The third kappa shape index (κ3) is 2.82. The fraction of sp³-hybridized carbons (Fsp3) is 0.500. The smallest absolute Gasteiger partial charge is 0.0809 e. The van der Waals surface area contributed by atoms with Crippen LogP contribution in [0.15, 0.2) is 30.3 Å². The fourth-order valence-electron chi connectivity index (χ4n) is 1.66. The Morgan fingerprint density at radius 3 is 2.86 bits per heavy atom. The molecule has 1 fully saturated rings. The molecule has 0 unspecified atom stereocenters. The van der Waals surface area contributed by atoms with Gasteiger partial charge in [-0.05, 0) is 18.4 Å². The van der Waals surface area contributed by atoms with Gasteiger partial charge in [-0.3, -0.25) is 0 Å². The molecule has 1 saturated heterocycles. The van der Waals surface area contributed by atoms with Gasteiger partial charge in [-0.2, -0.15) is 0 Å². The monoisotopic (exact) mass is 192 g/mol. The Morgan fingerprint density at radius 2 is 2.14 bits per heavy atom. The van der Waals surface area contributed by atoms with Gasteiger partial charge in [0, 0.05) is 6.61 Å². The first-order chi connectivity index (χ1) is 6.95. The van der Waals surface area contributed by atoms with Crippen LogP contribution in [0.2, 0.25) is 0 Å². The maximum atomic E-state index is 5.58. The Bertz CT molecular complexity index is 252. The fourth-order valence-corrected chi connectivity index (χ4v) is 1.66. The van der Waals surface area contributed by atoms with Crippen molar-refractivity contribution < 1.29 is 9.47 Å². The second-order valence-corrected chi connectivity index (χ2v) is 3.64. The molecule has 1 aliphatic heterocycles. The van der Waals surface area contributed by atoms with Gasteiger partial charge in [-0.1, -0.05) is 30.3 Å². The van der Waals surface area contributed by atoms with Crippen molar-refractivity contribution in [2.45, 2.75) is 25.6 Å². The molecular formula is C12H16O2. The van der Waals surface area contributed by atoms with E-state index in [0.717, 1.165) is 19.6 Å². The standard InChI is InChI=1S/C12H16O2/c1-2-5-11(6-3-1)9-13-10-12-7-4-8-14-12/h1-3,5-6,12H,4,7-10H2/t12-/m1/s1. The molecule has 1 atom stereocenters. The number of hydrogen-bond donors (Lipinski definition) is 0. The normalized spacial score (nSPS) is 21.3. The minimum Gasteiger partial charge on any atom is -0.376 e. The molecule has 0 spiro atoms.